The van der Waals surface area contributed by atoms with E-state index in [0.29, 0.717) is 5.75 Å². The quantitative estimate of drug-likeness (QED) is 0.811. The summed E-state index contributed by atoms with van der Waals surface area (Å²) in [5, 5.41) is 2.47. The molecule has 0 aliphatic rings. The number of halogens is 2. The zero-order valence-corrected chi connectivity index (χ0v) is 13.6. The first-order valence-electron chi connectivity index (χ1n) is 7.04. The highest BCUT2D eigenvalue weighted by atomic mass is 35.5. The Labute approximate surface area is 143 Å². The van der Waals surface area contributed by atoms with Gasteiger partial charge in [-0.15, -0.1) is 0 Å². The van der Waals surface area contributed by atoms with Crippen molar-refractivity contribution in [2.24, 2.45) is 0 Å². The molecule has 0 saturated heterocycles. The molecule has 0 aliphatic heterocycles. The predicted molar refractivity (Wildman–Crippen MR) is 87.7 cm³/mol. The van der Waals surface area contributed by atoms with E-state index in [-0.39, 0.29) is 17.3 Å². The number of hydrogen-bond donors (Lipinski definition) is 1. The van der Waals surface area contributed by atoms with Crippen LogP contribution in [-0.4, -0.2) is 25.1 Å². The van der Waals surface area contributed by atoms with Crippen molar-refractivity contribution in [3.63, 3.8) is 0 Å². The molecular formula is C17H15ClFNO4. The van der Waals surface area contributed by atoms with Crippen LogP contribution in [0.15, 0.2) is 42.5 Å². The number of aryl methyl sites for hydroxylation is 1. The van der Waals surface area contributed by atoms with Crippen LogP contribution in [0.25, 0.3) is 0 Å². The number of rotatable bonds is 6. The Hall–Kier alpha value is -2.60. The maximum Gasteiger partial charge on any atom is 0.344 e. The average Bonchev–Trinajstić information content (AvgIpc) is 2.54. The number of benzene rings is 2. The highest BCUT2D eigenvalue weighted by Crippen LogP contribution is 2.22. The van der Waals surface area contributed by atoms with Crippen molar-refractivity contribution in [2.45, 2.75) is 6.92 Å². The molecule has 0 fully saturated rings. The molecular weight excluding hydrogens is 337 g/mol. The lowest BCUT2D eigenvalue weighted by Crippen LogP contribution is -2.23. The second-order valence-electron chi connectivity index (χ2n) is 4.94. The summed E-state index contributed by atoms with van der Waals surface area (Å²) >= 11 is 5.78. The van der Waals surface area contributed by atoms with E-state index < -0.39 is 24.3 Å². The van der Waals surface area contributed by atoms with Gasteiger partial charge in [0.25, 0.3) is 5.91 Å². The van der Waals surface area contributed by atoms with Crippen molar-refractivity contribution in [2.75, 3.05) is 18.5 Å². The third kappa shape index (κ3) is 5.55. The van der Waals surface area contributed by atoms with Crippen LogP contribution in [0.2, 0.25) is 5.02 Å². The van der Waals surface area contributed by atoms with Crippen molar-refractivity contribution in [3.8, 4) is 5.75 Å². The number of esters is 1. The Kier molecular flexibility index (Phi) is 6.14. The third-order valence-corrected chi connectivity index (χ3v) is 3.23. The van der Waals surface area contributed by atoms with E-state index in [1.54, 1.807) is 18.2 Å². The average molecular weight is 352 g/mol. The molecule has 1 N–H and O–H groups in total. The maximum atomic E-state index is 12.9. The Morgan fingerprint density at radius 3 is 2.67 bits per heavy atom. The SMILES string of the molecule is Cc1cccc(OCC(=O)OCC(=O)Nc2ccc(F)cc2Cl)c1. The first-order chi connectivity index (χ1) is 11.4. The van der Waals surface area contributed by atoms with Gasteiger partial charge in [-0.25, -0.2) is 9.18 Å². The topological polar surface area (TPSA) is 64.6 Å². The van der Waals surface area contributed by atoms with E-state index >= 15 is 0 Å². The molecule has 0 saturated carbocycles. The summed E-state index contributed by atoms with van der Waals surface area (Å²) in [5.41, 5.74) is 1.23. The minimum absolute atomic E-state index is 0.0532. The summed E-state index contributed by atoms with van der Waals surface area (Å²) in [4.78, 5) is 23.3. The standard InChI is InChI=1S/C17H15ClFNO4/c1-11-3-2-4-13(7-11)23-10-17(22)24-9-16(21)20-15-6-5-12(19)8-14(15)18/h2-8H,9-10H2,1H3,(H,20,21). The van der Waals surface area contributed by atoms with Crippen molar-refractivity contribution in [1.29, 1.82) is 0 Å². The largest absolute Gasteiger partial charge is 0.482 e. The van der Waals surface area contributed by atoms with Gasteiger partial charge in [0.2, 0.25) is 0 Å². The van der Waals surface area contributed by atoms with Crippen molar-refractivity contribution >= 4 is 29.2 Å². The Balaban J connectivity index is 1.75. The van der Waals surface area contributed by atoms with E-state index in [9.17, 15) is 14.0 Å². The molecule has 0 atom stereocenters. The molecule has 2 aromatic rings. The molecule has 0 heterocycles. The number of anilines is 1. The lowest BCUT2D eigenvalue weighted by molar-refractivity contribution is -0.149. The van der Waals surface area contributed by atoms with Crippen molar-refractivity contribution in [3.05, 3.63) is 58.9 Å². The molecule has 24 heavy (non-hydrogen) atoms. The molecule has 126 valence electrons. The van der Waals surface area contributed by atoms with Gasteiger partial charge in [-0.1, -0.05) is 23.7 Å². The van der Waals surface area contributed by atoms with Crippen molar-refractivity contribution in [1.82, 2.24) is 0 Å². The van der Waals surface area contributed by atoms with Gasteiger partial charge in [0.15, 0.2) is 13.2 Å². The molecule has 0 aliphatic carbocycles. The van der Waals surface area contributed by atoms with E-state index in [4.69, 9.17) is 21.1 Å². The molecule has 0 radical (unpaired) electrons. The summed E-state index contributed by atoms with van der Waals surface area (Å²) in [5.74, 6) is -1.25. The first kappa shape index (κ1) is 17.7. The fourth-order valence-corrected chi connectivity index (χ4v) is 2.03. The predicted octanol–water partition coefficient (Wildman–Crippen LogP) is 3.35. The minimum Gasteiger partial charge on any atom is -0.482 e. The number of carbonyl (C=O) groups is 2. The van der Waals surface area contributed by atoms with Gasteiger partial charge in [-0.2, -0.15) is 0 Å². The highest BCUT2D eigenvalue weighted by molar-refractivity contribution is 6.33. The van der Waals surface area contributed by atoms with E-state index in [1.807, 2.05) is 13.0 Å². The summed E-state index contributed by atoms with van der Waals surface area (Å²) < 4.78 is 23.0. The Morgan fingerprint density at radius 1 is 1.17 bits per heavy atom. The molecule has 0 aromatic heterocycles. The fourth-order valence-electron chi connectivity index (χ4n) is 1.81. The van der Waals surface area contributed by atoms with Crippen LogP contribution in [0, 0.1) is 12.7 Å². The van der Waals surface area contributed by atoms with Gasteiger partial charge in [0.1, 0.15) is 11.6 Å². The minimum atomic E-state index is -0.683. The van der Waals surface area contributed by atoms with Crippen LogP contribution in [0.1, 0.15) is 5.56 Å². The zero-order chi connectivity index (χ0) is 17.5. The molecule has 7 heteroatoms. The van der Waals surface area contributed by atoms with Crippen LogP contribution >= 0.6 is 11.6 Å². The van der Waals surface area contributed by atoms with Crippen LogP contribution in [-0.2, 0) is 14.3 Å². The van der Waals surface area contributed by atoms with Crippen LogP contribution in [0.5, 0.6) is 5.75 Å². The molecule has 5 nitrogen and oxygen atoms in total. The summed E-state index contributed by atoms with van der Waals surface area (Å²) in [6, 6.07) is 10.7. The number of carbonyl (C=O) groups excluding carboxylic acids is 2. The molecule has 2 aromatic carbocycles. The van der Waals surface area contributed by atoms with Crippen molar-refractivity contribution < 1.29 is 23.5 Å². The fraction of sp³-hybridized carbons (Fsp3) is 0.176. The maximum absolute atomic E-state index is 12.9. The lowest BCUT2D eigenvalue weighted by atomic mass is 10.2. The summed E-state index contributed by atoms with van der Waals surface area (Å²) in [7, 11) is 0. The second-order valence-corrected chi connectivity index (χ2v) is 5.35. The molecule has 0 spiro atoms. The molecule has 0 bridgehead atoms. The third-order valence-electron chi connectivity index (χ3n) is 2.92. The zero-order valence-electron chi connectivity index (χ0n) is 12.8. The summed E-state index contributed by atoms with van der Waals surface area (Å²) in [6.07, 6.45) is 0. The second kappa shape index (κ2) is 8.31. The number of hydrogen-bond acceptors (Lipinski definition) is 4. The lowest BCUT2D eigenvalue weighted by Gasteiger charge is -2.09. The smallest absolute Gasteiger partial charge is 0.344 e. The number of amides is 1. The van der Waals surface area contributed by atoms with E-state index in [2.05, 4.69) is 5.32 Å². The van der Waals surface area contributed by atoms with E-state index in [1.165, 1.54) is 6.07 Å². The Morgan fingerprint density at radius 2 is 1.96 bits per heavy atom. The van der Waals surface area contributed by atoms with Gasteiger partial charge in [-0.3, -0.25) is 4.79 Å². The molecule has 1 amide bonds. The van der Waals surface area contributed by atoms with Crippen LogP contribution in [0.3, 0.4) is 0 Å². The van der Waals surface area contributed by atoms with Gasteiger partial charge >= 0.3 is 5.97 Å². The van der Waals surface area contributed by atoms with Crippen LogP contribution in [0.4, 0.5) is 10.1 Å². The van der Waals surface area contributed by atoms with Gasteiger partial charge in [0.05, 0.1) is 10.7 Å². The van der Waals surface area contributed by atoms with Gasteiger partial charge in [-0.05, 0) is 42.8 Å². The molecule has 0 unspecified atom stereocenters. The highest BCUT2D eigenvalue weighted by Gasteiger charge is 2.11. The van der Waals surface area contributed by atoms with Gasteiger partial charge in [0, 0.05) is 0 Å². The number of nitrogens with one attached hydrogen (secondary N) is 1. The first-order valence-corrected chi connectivity index (χ1v) is 7.42. The van der Waals surface area contributed by atoms with Crippen LogP contribution < -0.4 is 10.1 Å². The van der Waals surface area contributed by atoms with E-state index in [0.717, 1.165) is 17.7 Å². The summed E-state index contributed by atoms with van der Waals surface area (Å²) in [6.45, 7) is 1.09. The number of ether oxygens (including phenoxy) is 2. The monoisotopic (exact) mass is 351 g/mol. The molecule has 2 rings (SSSR count). The Bertz CT molecular complexity index is 751. The van der Waals surface area contributed by atoms with Gasteiger partial charge < -0.3 is 14.8 Å². The normalized spacial score (nSPS) is 10.1.